The van der Waals surface area contributed by atoms with Gasteiger partial charge in [-0.1, -0.05) is 15.9 Å². The number of amides is 1. The lowest BCUT2D eigenvalue weighted by atomic mass is 9.83. The quantitative estimate of drug-likeness (QED) is 0.465. The van der Waals surface area contributed by atoms with E-state index < -0.39 is 0 Å². The molecule has 1 aliphatic carbocycles. The Morgan fingerprint density at radius 2 is 1.87 bits per heavy atom. The molecule has 2 fully saturated rings. The smallest absolute Gasteiger partial charge is 0.219 e. The minimum atomic E-state index is -0.143. The molecule has 0 spiro atoms. The average molecular weight is 497 g/mol. The van der Waals surface area contributed by atoms with Crippen molar-refractivity contribution in [2.75, 3.05) is 39.9 Å². The molecule has 174 valence electrons. The first-order valence-electron chi connectivity index (χ1n) is 11.9. The second-order valence-electron chi connectivity index (χ2n) is 9.39. The highest BCUT2D eigenvalue weighted by molar-refractivity contribution is 9.10. The summed E-state index contributed by atoms with van der Waals surface area (Å²) in [5.41, 5.74) is 1.10. The Labute approximate surface area is 195 Å². The number of methoxy groups -OCH3 is 1. The molecule has 0 atom stereocenters. The van der Waals surface area contributed by atoms with Gasteiger partial charge in [-0.05, 0) is 107 Å². The van der Waals surface area contributed by atoms with Crippen LogP contribution in [0.5, 0.6) is 0 Å². The van der Waals surface area contributed by atoms with Crippen molar-refractivity contribution in [1.29, 1.82) is 0 Å². The van der Waals surface area contributed by atoms with Crippen molar-refractivity contribution < 1.29 is 13.9 Å². The largest absolute Gasteiger partial charge is 0.383 e. The topological polar surface area (TPSA) is 32.8 Å². The Morgan fingerprint density at radius 1 is 1.16 bits per heavy atom. The summed E-state index contributed by atoms with van der Waals surface area (Å²) in [6.07, 6.45) is 9.33. The van der Waals surface area contributed by atoms with Crippen LogP contribution in [0.1, 0.15) is 57.4 Å². The molecule has 31 heavy (non-hydrogen) atoms. The fourth-order valence-corrected chi connectivity index (χ4v) is 5.73. The second kappa shape index (κ2) is 12.3. The number of hydrogen-bond acceptors (Lipinski definition) is 3. The molecule has 0 aromatic heterocycles. The normalized spacial score (nSPS) is 23.1. The third kappa shape index (κ3) is 7.54. The van der Waals surface area contributed by atoms with Gasteiger partial charge in [0.05, 0.1) is 6.61 Å². The fraction of sp³-hybridized carbons (Fsp3) is 0.720. The maximum absolute atomic E-state index is 13.5. The van der Waals surface area contributed by atoms with Gasteiger partial charge in [-0.2, -0.15) is 0 Å². The van der Waals surface area contributed by atoms with Gasteiger partial charge in [0, 0.05) is 31.1 Å². The number of benzene rings is 1. The zero-order valence-corrected chi connectivity index (χ0v) is 20.7. The van der Waals surface area contributed by atoms with E-state index >= 15 is 0 Å². The number of halogens is 2. The maximum Gasteiger partial charge on any atom is 0.219 e. The molecule has 0 radical (unpaired) electrons. The molecule has 0 unspecified atom stereocenters. The van der Waals surface area contributed by atoms with Crippen LogP contribution in [0, 0.1) is 17.7 Å². The van der Waals surface area contributed by atoms with E-state index in [-0.39, 0.29) is 11.7 Å². The lowest BCUT2D eigenvalue weighted by molar-refractivity contribution is -0.132. The maximum atomic E-state index is 13.5. The molecular formula is C25H38BrFN2O2. The molecule has 1 heterocycles. The number of ether oxygens (including phenoxy) is 1. The molecule has 1 aliphatic heterocycles. The molecule has 0 N–H and O–H groups in total. The summed E-state index contributed by atoms with van der Waals surface area (Å²) in [5, 5.41) is 0. The first-order valence-corrected chi connectivity index (χ1v) is 12.7. The molecule has 1 aromatic rings. The molecule has 2 aliphatic rings. The fourth-order valence-electron chi connectivity index (χ4n) is 5.32. The first-order chi connectivity index (χ1) is 15.0. The van der Waals surface area contributed by atoms with Crippen LogP contribution in [0.2, 0.25) is 0 Å². The monoisotopic (exact) mass is 496 g/mol. The highest BCUT2D eigenvalue weighted by atomic mass is 79.9. The average Bonchev–Trinajstić information content (AvgIpc) is 2.77. The molecule has 4 nitrogen and oxygen atoms in total. The number of rotatable bonds is 9. The minimum Gasteiger partial charge on any atom is -0.383 e. The van der Waals surface area contributed by atoms with Crippen LogP contribution in [-0.4, -0.2) is 61.6 Å². The molecule has 0 bridgehead atoms. The Bertz CT molecular complexity index is 701. The standard InChI is InChI=1S/C25H38BrFN2O2/c1-19(30)29(15-16-31-2)24-6-3-20(4-7-24)9-12-28-13-10-21(11-14-28)17-22-18-23(27)5-8-25(22)26/h5,8,18,20-21,24H,3-4,6-7,9-17H2,1-2H3. The third-order valence-electron chi connectivity index (χ3n) is 7.27. The number of carbonyl (C=O) groups excluding carboxylic acids is 1. The van der Waals surface area contributed by atoms with Crippen molar-refractivity contribution in [3.05, 3.63) is 34.1 Å². The van der Waals surface area contributed by atoms with Gasteiger partial charge in [-0.15, -0.1) is 0 Å². The number of hydrogen-bond donors (Lipinski definition) is 0. The summed E-state index contributed by atoms with van der Waals surface area (Å²) in [6.45, 7) is 6.50. The number of nitrogens with zero attached hydrogens (tertiary/aromatic N) is 2. The summed E-state index contributed by atoms with van der Waals surface area (Å²) in [5.74, 6) is 1.46. The highest BCUT2D eigenvalue weighted by Gasteiger charge is 2.28. The zero-order valence-electron chi connectivity index (χ0n) is 19.1. The molecule has 1 aromatic carbocycles. The summed E-state index contributed by atoms with van der Waals surface area (Å²) >= 11 is 3.57. The number of likely N-dealkylation sites (tertiary alicyclic amines) is 1. The Hall–Kier alpha value is -0.980. The zero-order chi connectivity index (χ0) is 22.2. The summed E-state index contributed by atoms with van der Waals surface area (Å²) < 4.78 is 19.7. The van der Waals surface area contributed by atoms with E-state index in [0.717, 1.165) is 48.3 Å². The summed E-state index contributed by atoms with van der Waals surface area (Å²) in [7, 11) is 1.69. The Morgan fingerprint density at radius 3 is 2.52 bits per heavy atom. The minimum absolute atomic E-state index is 0.143. The van der Waals surface area contributed by atoms with Crippen molar-refractivity contribution in [2.24, 2.45) is 11.8 Å². The number of carbonyl (C=O) groups is 1. The molecule has 3 rings (SSSR count). The van der Waals surface area contributed by atoms with E-state index in [1.54, 1.807) is 20.1 Å². The first kappa shape index (κ1) is 24.7. The van der Waals surface area contributed by atoms with Gasteiger partial charge in [-0.3, -0.25) is 4.79 Å². The van der Waals surface area contributed by atoms with E-state index in [4.69, 9.17) is 4.74 Å². The van der Waals surface area contributed by atoms with Gasteiger partial charge in [0.1, 0.15) is 5.82 Å². The van der Waals surface area contributed by atoms with Crippen LogP contribution in [0.3, 0.4) is 0 Å². The SMILES string of the molecule is COCCN(C(C)=O)C1CCC(CCN2CCC(Cc3cc(F)ccc3Br)CC2)CC1. The van der Waals surface area contributed by atoms with Gasteiger partial charge in [0.15, 0.2) is 0 Å². The van der Waals surface area contributed by atoms with Gasteiger partial charge in [0.25, 0.3) is 0 Å². The molecule has 1 saturated carbocycles. The van der Waals surface area contributed by atoms with Crippen LogP contribution < -0.4 is 0 Å². The van der Waals surface area contributed by atoms with E-state index in [1.807, 2.05) is 11.0 Å². The van der Waals surface area contributed by atoms with Crippen LogP contribution >= 0.6 is 15.9 Å². The van der Waals surface area contributed by atoms with Crippen LogP contribution in [0.15, 0.2) is 22.7 Å². The Kier molecular flexibility index (Phi) is 9.79. The summed E-state index contributed by atoms with van der Waals surface area (Å²) in [6, 6.07) is 5.40. The molecule has 1 saturated heterocycles. The van der Waals surface area contributed by atoms with E-state index in [0.29, 0.717) is 25.1 Å². The van der Waals surface area contributed by atoms with Crippen molar-refractivity contribution in [1.82, 2.24) is 9.80 Å². The third-order valence-corrected chi connectivity index (χ3v) is 8.05. The number of piperidine rings is 1. The lowest BCUT2D eigenvalue weighted by Gasteiger charge is -2.37. The molecule has 1 amide bonds. The van der Waals surface area contributed by atoms with Gasteiger partial charge >= 0.3 is 0 Å². The van der Waals surface area contributed by atoms with E-state index in [9.17, 15) is 9.18 Å². The van der Waals surface area contributed by atoms with Gasteiger partial charge in [-0.25, -0.2) is 4.39 Å². The van der Waals surface area contributed by atoms with Gasteiger partial charge < -0.3 is 14.5 Å². The second-order valence-corrected chi connectivity index (χ2v) is 10.2. The highest BCUT2D eigenvalue weighted by Crippen LogP contribution is 2.31. The van der Waals surface area contributed by atoms with Crippen molar-refractivity contribution in [3.63, 3.8) is 0 Å². The van der Waals surface area contributed by atoms with Crippen molar-refractivity contribution >= 4 is 21.8 Å². The predicted octanol–water partition coefficient (Wildman–Crippen LogP) is 5.29. The van der Waals surface area contributed by atoms with Crippen LogP contribution in [0.25, 0.3) is 0 Å². The molecular weight excluding hydrogens is 459 g/mol. The van der Waals surface area contributed by atoms with Crippen LogP contribution in [-0.2, 0) is 16.0 Å². The van der Waals surface area contributed by atoms with Gasteiger partial charge in [0.2, 0.25) is 5.91 Å². The van der Waals surface area contributed by atoms with E-state index in [2.05, 4.69) is 20.8 Å². The molecule has 6 heteroatoms. The predicted molar refractivity (Wildman–Crippen MR) is 127 cm³/mol. The van der Waals surface area contributed by atoms with Crippen molar-refractivity contribution in [3.8, 4) is 0 Å². The van der Waals surface area contributed by atoms with Crippen LogP contribution in [0.4, 0.5) is 4.39 Å². The van der Waals surface area contributed by atoms with Crippen molar-refractivity contribution in [2.45, 2.75) is 64.3 Å². The van der Waals surface area contributed by atoms with E-state index in [1.165, 1.54) is 44.7 Å². The Balaban J connectivity index is 1.35. The summed E-state index contributed by atoms with van der Waals surface area (Å²) in [4.78, 5) is 16.6. The lowest BCUT2D eigenvalue weighted by Crippen LogP contribution is -2.43.